The highest BCUT2D eigenvalue weighted by atomic mass is 16.5. The van der Waals surface area contributed by atoms with Crippen LogP contribution in [0.4, 0.5) is 0 Å². The molecule has 14 heavy (non-hydrogen) atoms. The number of nitrogens with two attached hydrogens (primary N) is 1. The van der Waals surface area contributed by atoms with Crippen LogP contribution >= 0.6 is 0 Å². The fourth-order valence-electron chi connectivity index (χ4n) is 1.65. The van der Waals surface area contributed by atoms with Gasteiger partial charge in [-0.3, -0.25) is 0 Å². The number of likely N-dealkylation sites (tertiary alicyclic amines) is 1. The molecule has 2 N–H and O–H groups in total. The molecule has 0 aliphatic carbocycles. The van der Waals surface area contributed by atoms with Gasteiger partial charge in [0, 0.05) is 19.1 Å². The van der Waals surface area contributed by atoms with Gasteiger partial charge in [0.2, 0.25) is 0 Å². The summed E-state index contributed by atoms with van der Waals surface area (Å²) in [5.74, 6) is 0.757. The number of piperidine rings is 1. The molecule has 3 heteroatoms. The van der Waals surface area contributed by atoms with Crippen molar-refractivity contribution >= 4 is 0 Å². The highest BCUT2D eigenvalue weighted by Crippen LogP contribution is 2.19. The van der Waals surface area contributed by atoms with Gasteiger partial charge in [-0.05, 0) is 40.2 Å². The first-order chi connectivity index (χ1) is 6.38. The van der Waals surface area contributed by atoms with Crippen molar-refractivity contribution in [3.8, 4) is 0 Å². The van der Waals surface area contributed by atoms with Gasteiger partial charge in [-0.1, -0.05) is 0 Å². The highest BCUT2D eigenvalue weighted by Gasteiger charge is 2.21. The van der Waals surface area contributed by atoms with Crippen molar-refractivity contribution in [2.24, 2.45) is 5.73 Å². The molecule has 1 heterocycles. The van der Waals surface area contributed by atoms with Crippen LogP contribution in [-0.2, 0) is 4.74 Å². The molecular formula is C11H22N2O. The van der Waals surface area contributed by atoms with E-state index in [2.05, 4.69) is 11.5 Å². The molecule has 82 valence electrons. The molecule has 1 aliphatic heterocycles. The van der Waals surface area contributed by atoms with Crippen LogP contribution in [0.1, 0.15) is 33.6 Å². The molecule has 1 saturated heterocycles. The summed E-state index contributed by atoms with van der Waals surface area (Å²) in [6.07, 6.45) is 2.24. The lowest BCUT2D eigenvalue weighted by molar-refractivity contribution is -0.00345. The van der Waals surface area contributed by atoms with Gasteiger partial charge >= 0.3 is 0 Å². The van der Waals surface area contributed by atoms with E-state index in [0.29, 0.717) is 0 Å². The molecule has 0 aromatic carbocycles. The average molecular weight is 198 g/mol. The summed E-state index contributed by atoms with van der Waals surface area (Å²) in [5.41, 5.74) is 5.72. The first-order valence-electron chi connectivity index (χ1n) is 5.27. The van der Waals surface area contributed by atoms with Crippen LogP contribution in [0.25, 0.3) is 0 Å². The Hall–Kier alpha value is -0.700. The van der Waals surface area contributed by atoms with Crippen molar-refractivity contribution < 1.29 is 4.74 Å². The van der Waals surface area contributed by atoms with Crippen LogP contribution in [0.2, 0.25) is 0 Å². The summed E-state index contributed by atoms with van der Waals surface area (Å²) in [7, 11) is 0. The Bertz CT molecular complexity index is 208. The third-order valence-electron chi connectivity index (χ3n) is 2.23. The highest BCUT2D eigenvalue weighted by molar-refractivity contribution is 4.90. The molecule has 0 spiro atoms. The van der Waals surface area contributed by atoms with E-state index in [1.807, 2.05) is 20.8 Å². The standard InChI is InChI=1S/C11H22N2O/c1-9(14-11(2,3)4)13-7-5-6-10(12)8-13/h10H,1,5-8,12H2,2-4H3/t10-/m1/s1. The molecule has 0 amide bonds. The van der Waals surface area contributed by atoms with Crippen LogP contribution < -0.4 is 5.73 Å². The van der Waals surface area contributed by atoms with Gasteiger partial charge in [-0.2, -0.15) is 0 Å². The summed E-state index contributed by atoms with van der Waals surface area (Å²) in [6, 6.07) is 0.268. The maximum Gasteiger partial charge on any atom is 0.182 e. The third kappa shape index (κ3) is 3.58. The number of rotatable bonds is 2. The summed E-state index contributed by atoms with van der Waals surface area (Å²) in [4.78, 5) is 2.14. The molecule has 0 aromatic rings. The summed E-state index contributed by atoms with van der Waals surface area (Å²) in [5, 5.41) is 0. The maximum atomic E-state index is 5.89. The van der Waals surface area contributed by atoms with Crippen molar-refractivity contribution in [1.29, 1.82) is 0 Å². The summed E-state index contributed by atoms with van der Waals surface area (Å²) >= 11 is 0. The zero-order valence-electron chi connectivity index (χ0n) is 9.55. The molecule has 0 radical (unpaired) electrons. The van der Waals surface area contributed by atoms with E-state index in [0.717, 1.165) is 31.8 Å². The SMILES string of the molecule is C=C(OC(C)(C)C)N1CCC[C@@H](N)C1. The second-order valence-electron chi connectivity index (χ2n) is 4.96. The van der Waals surface area contributed by atoms with E-state index < -0.39 is 0 Å². The van der Waals surface area contributed by atoms with Gasteiger partial charge in [0.25, 0.3) is 0 Å². The Morgan fingerprint density at radius 3 is 2.64 bits per heavy atom. The molecule has 0 bridgehead atoms. The van der Waals surface area contributed by atoms with Gasteiger partial charge in [0.05, 0.1) is 0 Å². The van der Waals surface area contributed by atoms with Gasteiger partial charge in [-0.15, -0.1) is 0 Å². The maximum absolute atomic E-state index is 5.89. The van der Waals surface area contributed by atoms with Crippen LogP contribution in [0.3, 0.4) is 0 Å². The quantitative estimate of drug-likeness (QED) is 0.686. The second-order valence-corrected chi connectivity index (χ2v) is 4.96. The van der Waals surface area contributed by atoms with Crippen LogP contribution in [0, 0.1) is 0 Å². The molecule has 0 saturated carbocycles. The number of ether oxygens (including phenoxy) is 1. The molecule has 1 rings (SSSR count). The first-order valence-corrected chi connectivity index (χ1v) is 5.27. The summed E-state index contributed by atoms with van der Waals surface area (Å²) < 4.78 is 5.70. The van der Waals surface area contributed by atoms with Crippen LogP contribution in [0.15, 0.2) is 12.5 Å². The predicted molar refractivity (Wildman–Crippen MR) is 58.8 cm³/mol. The number of nitrogens with zero attached hydrogens (tertiary/aromatic N) is 1. The molecule has 0 unspecified atom stereocenters. The van der Waals surface area contributed by atoms with E-state index in [9.17, 15) is 0 Å². The minimum atomic E-state index is -0.168. The van der Waals surface area contributed by atoms with Crippen molar-refractivity contribution in [3.05, 3.63) is 12.5 Å². The number of hydrogen-bond acceptors (Lipinski definition) is 3. The zero-order valence-corrected chi connectivity index (χ0v) is 9.55. The van der Waals surface area contributed by atoms with E-state index in [1.54, 1.807) is 0 Å². The minimum absolute atomic E-state index is 0.168. The predicted octanol–water partition coefficient (Wildman–Crippen LogP) is 1.70. The lowest BCUT2D eigenvalue weighted by atomic mass is 10.1. The van der Waals surface area contributed by atoms with Gasteiger partial charge < -0.3 is 15.4 Å². The zero-order chi connectivity index (χ0) is 10.8. The van der Waals surface area contributed by atoms with Gasteiger partial charge in [0.1, 0.15) is 5.60 Å². The monoisotopic (exact) mass is 198 g/mol. The Kier molecular flexibility index (Phi) is 3.43. The van der Waals surface area contributed by atoms with Crippen molar-refractivity contribution in [3.63, 3.8) is 0 Å². The fraction of sp³-hybridized carbons (Fsp3) is 0.818. The van der Waals surface area contributed by atoms with E-state index in [4.69, 9.17) is 10.5 Å². The average Bonchev–Trinajstić information content (AvgIpc) is 2.01. The van der Waals surface area contributed by atoms with Crippen molar-refractivity contribution in [2.45, 2.75) is 45.3 Å². The molecule has 1 aliphatic rings. The van der Waals surface area contributed by atoms with Gasteiger partial charge in [-0.25, -0.2) is 0 Å². The smallest absolute Gasteiger partial charge is 0.182 e. The van der Waals surface area contributed by atoms with Crippen LogP contribution in [-0.4, -0.2) is 29.6 Å². The molecule has 3 nitrogen and oxygen atoms in total. The Morgan fingerprint density at radius 2 is 2.14 bits per heavy atom. The summed E-state index contributed by atoms with van der Waals surface area (Å²) in [6.45, 7) is 11.9. The molecule has 0 aromatic heterocycles. The molecule has 1 atom stereocenters. The lowest BCUT2D eigenvalue weighted by Crippen LogP contribution is -2.43. The first kappa shape index (κ1) is 11.4. The van der Waals surface area contributed by atoms with Gasteiger partial charge in [0.15, 0.2) is 5.88 Å². The normalized spacial score (nSPS) is 23.4. The largest absolute Gasteiger partial charge is 0.474 e. The van der Waals surface area contributed by atoms with Crippen molar-refractivity contribution in [1.82, 2.24) is 4.90 Å². The van der Waals surface area contributed by atoms with Crippen LogP contribution in [0.5, 0.6) is 0 Å². The van der Waals surface area contributed by atoms with E-state index in [1.165, 1.54) is 0 Å². The Balaban J connectivity index is 2.44. The number of hydrogen-bond donors (Lipinski definition) is 1. The lowest BCUT2D eigenvalue weighted by Gasteiger charge is -2.36. The van der Waals surface area contributed by atoms with E-state index >= 15 is 0 Å². The van der Waals surface area contributed by atoms with Crippen molar-refractivity contribution in [2.75, 3.05) is 13.1 Å². The minimum Gasteiger partial charge on any atom is -0.474 e. The topological polar surface area (TPSA) is 38.5 Å². The Morgan fingerprint density at radius 1 is 1.50 bits per heavy atom. The fourth-order valence-corrected chi connectivity index (χ4v) is 1.65. The Labute approximate surface area is 86.9 Å². The molecular weight excluding hydrogens is 176 g/mol. The third-order valence-corrected chi connectivity index (χ3v) is 2.23. The second kappa shape index (κ2) is 4.22. The molecule has 1 fully saturated rings. The van der Waals surface area contributed by atoms with E-state index in [-0.39, 0.29) is 11.6 Å².